The number of amides is 1. The van der Waals surface area contributed by atoms with Gasteiger partial charge in [-0.15, -0.1) is 11.3 Å². The van der Waals surface area contributed by atoms with Gasteiger partial charge >= 0.3 is 0 Å². The van der Waals surface area contributed by atoms with Crippen molar-refractivity contribution in [3.63, 3.8) is 0 Å². The van der Waals surface area contributed by atoms with E-state index in [0.29, 0.717) is 26.5 Å². The van der Waals surface area contributed by atoms with E-state index >= 15 is 0 Å². The molecule has 4 rings (SSSR count). The first-order chi connectivity index (χ1) is 13.9. The average Bonchev–Trinajstić information content (AvgIpc) is 3.11. The summed E-state index contributed by atoms with van der Waals surface area (Å²) in [6, 6.07) is 11.6. The quantitative estimate of drug-likeness (QED) is 0.636. The lowest BCUT2D eigenvalue weighted by Crippen LogP contribution is -2.38. The van der Waals surface area contributed by atoms with Crippen LogP contribution in [0, 0.1) is 0 Å². The van der Waals surface area contributed by atoms with E-state index < -0.39 is 15.9 Å². The molecule has 4 heterocycles. The number of likely N-dealkylation sites (N-methyl/N-ethyl adjacent to an activating group) is 1. The molecule has 0 aromatic carbocycles. The summed E-state index contributed by atoms with van der Waals surface area (Å²) in [7, 11) is -2.64. The first-order valence-electron chi connectivity index (χ1n) is 8.31. The maximum absolute atomic E-state index is 13.1. The molecule has 1 aliphatic heterocycles. The number of rotatable bonds is 4. The molecule has 0 saturated carbocycles. The summed E-state index contributed by atoms with van der Waals surface area (Å²) in [5.74, 6) is 0.111. The maximum atomic E-state index is 13.1. The van der Waals surface area contributed by atoms with Crippen molar-refractivity contribution in [2.45, 2.75) is 4.90 Å². The molecule has 0 saturated heterocycles. The van der Waals surface area contributed by atoms with Gasteiger partial charge in [0.05, 0.1) is 14.9 Å². The molecule has 0 aliphatic carbocycles. The highest BCUT2D eigenvalue weighted by molar-refractivity contribution is 7.89. The minimum absolute atomic E-state index is 0.0304. The highest BCUT2D eigenvalue weighted by atomic mass is 35.5. The number of aromatic nitrogens is 2. The summed E-state index contributed by atoms with van der Waals surface area (Å²) in [5.41, 5.74) is 0.202. The number of carbonyl (C=O) groups is 1. The van der Waals surface area contributed by atoms with E-state index in [-0.39, 0.29) is 10.6 Å². The number of sulfonamides is 1. The van der Waals surface area contributed by atoms with Crippen molar-refractivity contribution in [3.05, 3.63) is 69.8 Å². The van der Waals surface area contributed by atoms with Crippen LogP contribution in [0.15, 0.2) is 65.5 Å². The van der Waals surface area contributed by atoms with Crippen LogP contribution < -0.4 is 10.6 Å². The third-order valence-corrected chi connectivity index (χ3v) is 7.32. The summed E-state index contributed by atoms with van der Waals surface area (Å²) >= 11 is 7.18. The first-order valence-corrected chi connectivity index (χ1v) is 10.9. The van der Waals surface area contributed by atoms with Gasteiger partial charge in [0.2, 0.25) is 0 Å². The summed E-state index contributed by atoms with van der Waals surface area (Å²) in [4.78, 5) is 21.7. The largest absolute Gasteiger partial charge is 0.337 e. The topological polar surface area (TPSA) is 104 Å². The van der Waals surface area contributed by atoms with E-state index in [9.17, 15) is 13.2 Å². The molecule has 0 spiro atoms. The molecular weight excluding hydrogens is 434 g/mol. The number of halogens is 1. The fourth-order valence-electron chi connectivity index (χ4n) is 2.79. The van der Waals surface area contributed by atoms with Crippen molar-refractivity contribution < 1.29 is 13.2 Å². The van der Waals surface area contributed by atoms with E-state index in [4.69, 9.17) is 11.6 Å². The molecule has 1 amide bonds. The molecule has 0 atom stereocenters. The number of nitrogens with one attached hydrogen (secondary N) is 2. The summed E-state index contributed by atoms with van der Waals surface area (Å²) in [5, 5.41) is 5.70. The monoisotopic (exact) mass is 447 g/mol. The smallest absolute Gasteiger partial charge is 0.276 e. The predicted molar refractivity (Wildman–Crippen MR) is 112 cm³/mol. The molecule has 8 nitrogen and oxygen atoms in total. The molecule has 0 radical (unpaired) electrons. The number of pyridine rings is 2. The van der Waals surface area contributed by atoms with Crippen molar-refractivity contribution >= 4 is 56.2 Å². The zero-order valence-electron chi connectivity index (χ0n) is 15.0. The van der Waals surface area contributed by atoms with Gasteiger partial charge in [-0.05, 0) is 30.3 Å². The van der Waals surface area contributed by atoms with Crippen LogP contribution in [0.3, 0.4) is 0 Å². The van der Waals surface area contributed by atoms with E-state index in [2.05, 4.69) is 20.6 Å². The minimum Gasteiger partial charge on any atom is -0.337 e. The highest BCUT2D eigenvalue weighted by Crippen LogP contribution is 2.43. The molecule has 0 unspecified atom stereocenters. The second-order valence-corrected chi connectivity index (χ2v) is 9.57. The van der Waals surface area contributed by atoms with Gasteiger partial charge in [-0.25, -0.2) is 18.4 Å². The lowest BCUT2D eigenvalue weighted by molar-refractivity contribution is -0.113. The SMILES string of the molecule is CN1C(C(=O)Nc2ccccn2)=C(Nc2ccccn2)c2sc(Cl)cc2S1(=O)=O. The third kappa shape index (κ3) is 3.57. The third-order valence-electron chi connectivity index (χ3n) is 4.12. The Morgan fingerprint density at radius 1 is 1.10 bits per heavy atom. The van der Waals surface area contributed by atoms with Crippen LogP contribution in [-0.2, 0) is 14.8 Å². The van der Waals surface area contributed by atoms with Gasteiger partial charge in [0.15, 0.2) is 0 Å². The van der Waals surface area contributed by atoms with Gasteiger partial charge in [-0.1, -0.05) is 23.7 Å². The Bertz CT molecular complexity index is 1210. The molecule has 3 aromatic heterocycles. The van der Waals surface area contributed by atoms with Gasteiger partial charge in [0.25, 0.3) is 15.9 Å². The van der Waals surface area contributed by atoms with Crippen LogP contribution in [0.4, 0.5) is 11.6 Å². The molecule has 148 valence electrons. The Kier molecular flexibility index (Phi) is 4.99. The maximum Gasteiger partial charge on any atom is 0.276 e. The Labute approximate surface area is 175 Å². The zero-order chi connectivity index (χ0) is 20.6. The fraction of sp³-hybridized carbons (Fsp3) is 0.0556. The molecule has 11 heteroatoms. The highest BCUT2D eigenvalue weighted by Gasteiger charge is 2.39. The second-order valence-electron chi connectivity index (χ2n) is 5.95. The van der Waals surface area contributed by atoms with Gasteiger partial charge in [-0.2, -0.15) is 0 Å². The first kappa shape index (κ1) is 19.4. The lowest BCUT2D eigenvalue weighted by Gasteiger charge is -2.29. The summed E-state index contributed by atoms with van der Waals surface area (Å²) in [6.07, 6.45) is 3.11. The van der Waals surface area contributed by atoms with Crippen LogP contribution >= 0.6 is 22.9 Å². The number of nitrogens with zero attached hydrogens (tertiary/aromatic N) is 3. The second kappa shape index (κ2) is 7.47. The van der Waals surface area contributed by atoms with E-state index in [1.807, 2.05) is 0 Å². The van der Waals surface area contributed by atoms with Crippen molar-refractivity contribution in [1.29, 1.82) is 0 Å². The zero-order valence-corrected chi connectivity index (χ0v) is 17.3. The molecular formula is C18H14ClN5O3S2. The van der Waals surface area contributed by atoms with Crippen LogP contribution in [-0.4, -0.2) is 35.6 Å². The molecule has 0 fully saturated rings. The van der Waals surface area contributed by atoms with Gasteiger partial charge in [-0.3, -0.25) is 9.10 Å². The minimum atomic E-state index is -3.95. The Hall–Kier alpha value is -2.95. The van der Waals surface area contributed by atoms with Crippen LogP contribution in [0.1, 0.15) is 4.88 Å². The normalized spacial score (nSPS) is 15.0. The Morgan fingerprint density at radius 3 is 2.38 bits per heavy atom. The standard InChI is InChI=1S/C18H14ClN5O3S2/c1-24-16(18(25)23-14-7-3-5-9-21-14)15(22-13-6-2-4-8-20-13)17-11(29(24,26)27)10-12(19)28-17/h2-10H,1H3,(H,20,22)(H,21,23,25). The average molecular weight is 448 g/mol. The predicted octanol–water partition coefficient (Wildman–Crippen LogP) is 3.25. The number of anilines is 2. The van der Waals surface area contributed by atoms with Crippen molar-refractivity contribution in [2.24, 2.45) is 0 Å². The van der Waals surface area contributed by atoms with Gasteiger partial charge in [0.1, 0.15) is 22.2 Å². The molecule has 0 bridgehead atoms. The molecule has 29 heavy (non-hydrogen) atoms. The summed E-state index contributed by atoms with van der Waals surface area (Å²) < 4.78 is 27.2. The van der Waals surface area contributed by atoms with Crippen molar-refractivity contribution in [3.8, 4) is 0 Å². The lowest BCUT2D eigenvalue weighted by atomic mass is 10.2. The van der Waals surface area contributed by atoms with Crippen LogP contribution in [0.2, 0.25) is 4.34 Å². The molecule has 3 aromatic rings. The number of hydrogen-bond acceptors (Lipinski definition) is 7. The number of carbonyl (C=O) groups excluding carboxylic acids is 1. The van der Waals surface area contributed by atoms with E-state index in [0.717, 1.165) is 15.6 Å². The molecule has 2 N–H and O–H groups in total. The van der Waals surface area contributed by atoms with E-state index in [1.54, 1.807) is 42.6 Å². The number of hydrogen-bond donors (Lipinski definition) is 2. The van der Waals surface area contributed by atoms with Crippen molar-refractivity contribution in [2.75, 3.05) is 17.7 Å². The van der Waals surface area contributed by atoms with Crippen LogP contribution in [0.25, 0.3) is 5.70 Å². The van der Waals surface area contributed by atoms with Crippen LogP contribution in [0.5, 0.6) is 0 Å². The van der Waals surface area contributed by atoms with Gasteiger partial charge < -0.3 is 10.6 Å². The van der Waals surface area contributed by atoms with Crippen molar-refractivity contribution in [1.82, 2.24) is 14.3 Å². The molecule has 1 aliphatic rings. The number of fused-ring (bicyclic) bond motifs is 1. The fourth-order valence-corrected chi connectivity index (χ4v) is 5.81. The van der Waals surface area contributed by atoms with E-state index in [1.165, 1.54) is 19.3 Å². The number of thiophene rings is 1. The Morgan fingerprint density at radius 2 is 1.76 bits per heavy atom. The summed E-state index contributed by atoms with van der Waals surface area (Å²) in [6.45, 7) is 0. The van der Waals surface area contributed by atoms with Gasteiger partial charge in [0, 0.05) is 19.4 Å². The Balaban J connectivity index is 1.88.